The number of rotatable bonds is 7. The summed E-state index contributed by atoms with van der Waals surface area (Å²) in [6, 6.07) is 7.88. The van der Waals surface area contributed by atoms with Crippen LogP contribution in [0, 0.1) is 5.92 Å². The minimum absolute atomic E-state index is 0.204. The number of nitrogens with zero attached hydrogens (tertiary/aromatic N) is 1. The van der Waals surface area contributed by atoms with Gasteiger partial charge in [0, 0.05) is 31.1 Å². The van der Waals surface area contributed by atoms with Crippen molar-refractivity contribution < 1.29 is 14.6 Å². The lowest BCUT2D eigenvalue weighted by Crippen LogP contribution is -2.34. The fourth-order valence-electron chi connectivity index (χ4n) is 2.91. The van der Waals surface area contributed by atoms with Crippen molar-refractivity contribution in [1.82, 2.24) is 0 Å². The summed E-state index contributed by atoms with van der Waals surface area (Å²) >= 11 is 0. The van der Waals surface area contributed by atoms with E-state index in [-0.39, 0.29) is 12.0 Å². The summed E-state index contributed by atoms with van der Waals surface area (Å²) in [4.78, 5) is 14.2. The molecule has 0 bridgehead atoms. The van der Waals surface area contributed by atoms with Gasteiger partial charge in [-0.05, 0) is 56.4 Å². The average molecular weight is 320 g/mol. The van der Waals surface area contributed by atoms with Gasteiger partial charge in [0.15, 0.2) is 0 Å². The Morgan fingerprint density at radius 2 is 1.96 bits per heavy atom. The van der Waals surface area contributed by atoms with Crippen LogP contribution < -0.4 is 10.2 Å². The van der Waals surface area contributed by atoms with Crippen LogP contribution in [-0.2, 0) is 9.53 Å². The second-order valence-electron chi connectivity index (χ2n) is 6.02. The van der Waals surface area contributed by atoms with Crippen LogP contribution in [-0.4, -0.2) is 43.4 Å². The molecule has 1 aromatic rings. The maximum atomic E-state index is 11.8. The Hall–Kier alpha value is -1.75. The third kappa shape index (κ3) is 4.86. The molecule has 1 aliphatic heterocycles. The summed E-state index contributed by atoms with van der Waals surface area (Å²) in [6.45, 7) is 6.45. The Morgan fingerprint density at radius 3 is 2.48 bits per heavy atom. The van der Waals surface area contributed by atoms with E-state index < -0.39 is 0 Å². The van der Waals surface area contributed by atoms with Crippen molar-refractivity contribution in [2.24, 2.45) is 5.92 Å². The Kier molecular flexibility index (Phi) is 6.71. The Bertz CT molecular complexity index is 482. The monoisotopic (exact) mass is 320 g/mol. The second-order valence-corrected chi connectivity index (χ2v) is 6.02. The SMILES string of the molecule is CCOC(=O)C(CC)Nc1ccc(N2CCC(CO)CC2)cc1. The van der Waals surface area contributed by atoms with Crippen LogP contribution in [0.4, 0.5) is 11.4 Å². The van der Waals surface area contributed by atoms with E-state index in [0.29, 0.717) is 25.6 Å². The molecule has 1 aliphatic rings. The molecule has 5 nitrogen and oxygen atoms in total. The number of anilines is 2. The summed E-state index contributed by atoms with van der Waals surface area (Å²) in [5.41, 5.74) is 2.12. The molecule has 0 amide bonds. The van der Waals surface area contributed by atoms with Gasteiger partial charge in [0.25, 0.3) is 0 Å². The van der Waals surface area contributed by atoms with Gasteiger partial charge in [-0.1, -0.05) is 6.92 Å². The number of esters is 1. The van der Waals surface area contributed by atoms with Gasteiger partial charge >= 0.3 is 5.97 Å². The maximum absolute atomic E-state index is 11.8. The van der Waals surface area contributed by atoms with Crippen LogP contribution in [0.2, 0.25) is 0 Å². The van der Waals surface area contributed by atoms with E-state index >= 15 is 0 Å². The summed E-state index contributed by atoms with van der Waals surface area (Å²) in [6.07, 6.45) is 2.77. The van der Waals surface area contributed by atoms with Gasteiger partial charge in [0.05, 0.1) is 6.61 Å². The topological polar surface area (TPSA) is 61.8 Å². The van der Waals surface area contributed by atoms with Gasteiger partial charge < -0.3 is 20.1 Å². The van der Waals surface area contributed by atoms with Crippen molar-refractivity contribution in [3.05, 3.63) is 24.3 Å². The number of carbonyl (C=O) groups is 1. The van der Waals surface area contributed by atoms with E-state index in [1.807, 2.05) is 26.0 Å². The van der Waals surface area contributed by atoms with E-state index in [2.05, 4.69) is 22.3 Å². The molecule has 2 rings (SSSR count). The highest BCUT2D eigenvalue weighted by Crippen LogP contribution is 2.24. The molecule has 5 heteroatoms. The molecular weight excluding hydrogens is 292 g/mol. The number of piperidine rings is 1. The fourth-order valence-corrected chi connectivity index (χ4v) is 2.91. The largest absolute Gasteiger partial charge is 0.464 e. The molecule has 0 aliphatic carbocycles. The van der Waals surface area contributed by atoms with Crippen LogP contribution in [0.25, 0.3) is 0 Å². The van der Waals surface area contributed by atoms with Gasteiger partial charge in [-0.25, -0.2) is 4.79 Å². The van der Waals surface area contributed by atoms with E-state index in [0.717, 1.165) is 31.6 Å². The number of hydrogen-bond donors (Lipinski definition) is 2. The summed E-state index contributed by atoms with van der Waals surface area (Å²) in [5.74, 6) is 0.243. The van der Waals surface area contributed by atoms with Gasteiger partial charge in [0.1, 0.15) is 6.04 Å². The minimum Gasteiger partial charge on any atom is -0.464 e. The van der Waals surface area contributed by atoms with E-state index in [9.17, 15) is 9.90 Å². The fraction of sp³-hybridized carbons (Fsp3) is 0.611. The lowest BCUT2D eigenvalue weighted by Gasteiger charge is -2.33. The predicted octanol–water partition coefficient (Wildman–Crippen LogP) is 2.65. The Balaban J connectivity index is 1.92. The highest BCUT2D eigenvalue weighted by atomic mass is 16.5. The van der Waals surface area contributed by atoms with Crippen LogP contribution in [0.5, 0.6) is 0 Å². The minimum atomic E-state index is -0.305. The van der Waals surface area contributed by atoms with E-state index in [4.69, 9.17) is 4.74 Å². The van der Waals surface area contributed by atoms with Gasteiger partial charge in [-0.15, -0.1) is 0 Å². The number of hydrogen-bond acceptors (Lipinski definition) is 5. The highest BCUT2D eigenvalue weighted by Gasteiger charge is 2.19. The van der Waals surface area contributed by atoms with E-state index in [1.165, 1.54) is 5.69 Å². The molecule has 1 heterocycles. The lowest BCUT2D eigenvalue weighted by molar-refractivity contribution is -0.144. The van der Waals surface area contributed by atoms with Gasteiger partial charge in [-0.3, -0.25) is 0 Å². The molecule has 0 spiro atoms. The maximum Gasteiger partial charge on any atom is 0.328 e. The molecule has 1 fully saturated rings. The van der Waals surface area contributed by atoms with Crippen LogP contribution in [0.3, 0.4) is 0 Å². The Labute approximate surface area is 138 Å². The first kappa shape index (κ1) is 17.6. The number of carbonyl (C=O) groups excluding carboxylic acids is 1. The molecule has 1 atom stereocenters. The normalized spacial score (nSPS) is 16.9. The molecule has 0 aromatic heterocycles. The van der Waals surface area contributed by atoms with Crippen LogP contribution in [0.15, 0.2) is 24.3 Å². The van der Waals surface area contributed by atoms with Crippen molar-refractivity contribution >= 4 is 17.3 Å². The molecule has 0 radical (unpaired) electrons. The first-order valence-electron chi connectivity index (χ1n) is 8.57. The first-order chi connectivity index (χ1) is 11.2. The zero-order valence-electron chi connectivity index (χ0n) is 14.1. The van der Waals surface area contributed by atoms with Crippen molar-refractivity contribution in [2.45, 2.75) is 39.2 Å². The molecule has 2 N–H and O–H groups in total. The number of aliphatic hydroxyl groups is 1. The summed E-state index contributed by atoms with van der Waals surface area (Å²) < 4.78 is 5.08. The first-order valence-corrected chi connectivity index (χ1v) is 8.57. The molecule has 128 valence electrons. The molecule has 1 saturated heterocycles. The molecular formula is C18H28N2O3. The molecule has 1 aromatic carbocycles. The number of ether oxygens (including phenoxy) is 1. The lowest BCUT2D eigenvalue weighted by atomic mass is 9.97. The average Bonchev–Trinajstić information content (AvgIpc) is 2.60. The number of nitrogens with one attached hydrogen (secondary N) is 1. The van der Waals surface area contributed by atoms with Crippen molar-refractivity contribution in [1.29, 1.82) is 0 Å². The van der Waals surface area contributed by atoms with Gasteiger partial charge in [-0.2, -0.15) is 0 Å². The molecule has 0 saturated carbocycles. The number of benzene rings is 1. The van der Waals surface area contributed by atoms with Gasteiger partial charge in [0.2, 0.25) is 0 Å². The highest BCUT2D eigenvalue weighted by molar-refractivity contribution is 5.79. The summed E-state index contributed by atoms with van der Waals surface area (Å²) in [5, 5.41) is 12.4. The smallest absolute Gasteiger partial charge is 0.328 e. The molecule has 23 heavy (non-hydrogen) atoms. The Morgan fingerprint density at radius 1 is 1.30 bits per heavy atom. The zero-order chi connectivity index (χ0) is 16.7. The van der Waals surface area contributed by atoms with E-state index in [1.54, 1.807) is 0 Å². The number of aliphatic hydroxyl groups excluding tert-OH is 1. The summed E-state index contributed by atoms with van der Waals surface area (Å²) in [7, 11) is 0. The predicted molar refractivity (Wildman–Crippen MR) is 92.8 cm³/mol. The quantitative estimate of drug-likeness (QED) is 0.756. The van der Waals surface area contributed by atoms with Crippen molar-refractivity contribution in [2.75, 3.05) is 36.5 Å². The zero-order valence-corrected chi connectivity index (χ0v) is 14.1. The third-order valence-electron chi connectivity index (χ3n) is 4.43. The standard InChI is InChI=1S/C18H28N2O3/c1-3-17(18(22)23-4-2)19-15-5-7-16(8-6-15)20-11-9-14(13-21)10-12-20/h5-8,14,17,19,21H,3-4,9-13H2,1-2H3. The van der Waals surface area contributed by atoms with Crippen molar-refractivity contribution in [3.63, 3.8) is 0 Å². The third-order valence-corrected chi connectivity index (χ3v) is 4.43. The van der Waals surface area contributed by atoms with Crippen LogP contribution >= 0.6 is 0 Å². The molecule has 1 unspecified atom stereocenters. The van der Waals surface area contributed by atoms with Crippen LogP contribution in [0.1, 0.15) is 33.1 Å². The second kappa shape index (κ2) is 8.77. The van der Waals surface area contributed by atoms with Crippen molar-refractivity contribution in [3.8, 4) is 0 Å².